The van der Waals surface area contributed by atoms with Gasteiger partial charge in [-0.25, -0.2) is 9.36 Å². The van der Waals surface area contributed by atoms with Crippen molar-refractivity contribution in [3.05, 3.63) is 62.1 Å². The van der Waals surface area contributed by atoms with E-state index in [4.69, 9.17) is 27.9 Å². The summed E-state index contributed by atoms with van der Waals surface area (Å²) >= 11 is 12.7. The van der Waals surface area contributed by atoms with E-state index in [-0.39, 0.29) is 32.8 Å². The average molecular weight is 436 g/mol. The Labute approximate surface area is 176 Å². The monoisotopic (exact) mass is 435 g/mol. The third-order valence-corrected chi connectivity index (χ3v) is 4.74. The Morgan fingerprint density at radius 1 is 1.21 bits per heavy atom. The van der Waals surface area contributed by atoms with Crippen LogP contribution >= 0.6 is 23.2 Å². The van der Waals surface area contributed by atoms with Crippen LogP contribution in [0.4, 0.5) is 5.82 Å². The topological polar surface area (TPSA) is 93.9 Å². The van der Waals surface area contributed by atoms with Gasteiger partial charge in [0, 0.05) is 23.4 Å². The maximum atomic E-state index is 13.3. The Balaban J connectivity index is 2.29. The highest BCUT2D eigenvalue weighted by Crippen LogP contribution is 2.33. The first kappa shape index (κ1) is 20.8. The van der Waals surface area contributed by atoms with Crippen molar-refractivity contribution in [2.24, 2.45) is 0 Å². The second-order valence-electron chi connectivity index (χ2n) is 6.49. The number of hydrogen-bond acceptors (Lipinski definition) is 4. The number of aromatic amines is 1. The number of H-pyrrole nitrogens is 1. The molecule has 0 radical (unpaired) electrons. The van der Waals surface area contributed by atoms with Crippen molar-refractivity contribution in [1.29, 1.82) is 0 Å². The van der Waals surface area contributed by atoms with E-state index < -0.39 is 11.5 Å². The normalized spacial score (nSPS) is 10.8. The number of rotatable bonds is 5. The number of halogens is 2. The molecule has 0 spiro atoms. The maximum absolute atomic E-state index is 13.3. The van der Waals surface area contributed by atoms with E-state index in [0.29, 0.717) is 17.1 Å². The van der Waals surface area contributed by atoms with E-state index in [0.717, 1.165) is 4.68 Å². The van der Waals surface area contributed by atoms with Crippen LogP contribution < -0.4 is 15.6 Å². The lowest BCUT2D eigenvalue weighted by Gasteiger charge is -2.09. The summed E-state index contributed by atoms with van der Waals surface area (Å²) in [5.74, 6) is 0.128. The molecule has 0 fully saturated rings. The summed E-state index contributed by atoms with van der Waals surface area (Å²) in [6.07, 6.45) is 0. The maximum Gasteiger partial charge on any atom is 0.299 e. The summed E-state index contributed by atoms with van der Waals surface area (Å²) < 4.78 is 7.75. The van der Waals surface area contributed by atoms with E-state index in [1.165, 1.54) is 23.9 Å². The van der Waals surface area contributed by atoms with Gasteiger partial charge < -0.3 is 10.1 Å². The molecule has 0 atom stereocenters. The molecule has 0 unspecified atom stereocenters. The smallest absolute Gasteiger partial charge is 0.299 e. The molecule has 0 aliphatic heterocycles. The highest BCUT2D eigenvalue weighted by Gasteiger charge is 2.24. The summed E-state index contributed by atoms with van der Waals surface area (Å²) in [6, 6.07) is 4.88. The van der Waals surface area contributed by atoms with Crippen molar-refractivity contribution in [3.63, 3.8) is 0 Å². The van der Waals surface area contributed by atoms with E-state index >= 15 is 0 Å². The van der Waals surface area contributed by atoms with Crippen molar-refractivity contribution < 1.29 is 9.53 Å². The minimum absolute atomic E-state index is 0.119. The van der Waals surface area contributed by atoms with Gasteiger partial charge in [-0.3, -0.25) is 14.7 Å². The van der Waals surface area contributed by atoms with E-state index in [1.807, 2.05) is 6.07 Å². The first-order valence-corrected chi connectivity index (χ1v) is 9.28. The number of nitrogens with zero attached hydrogens (tertiary/aromatic N) is 3. The third kappa shape index (κ3) is 3.81. The Bertz CT molecular complexity index is 1170. The number of aryl methyl sites for hydroxylation is 2. The van der Waals surface area contributed by atoms with Gasteiger partial charge in [-0.05, 0) is 26.8 Å². The summed E-state index contributed by atoms with van der Waals surface area (Å²) in [5, 5.41) is 10.3. The van der Waals surface area contributed by atoms with Crippen LogP contribution in [0.1, 0.15) is 18.3 Å². The fourth-order valence-corrected chi connectivity index (χ4v) is 3.45. The summed E-state index contributed by atoms with van der Waals surface area (Å²) in [6.45, 7) is 8.78. The molecular formula is C19H19Cl2N5O3. The second kappa shape index (κ2) is 7.81. The Hall–Kier alpha value is -2.97. The molecule has 0 aliphatic carbocycles. The average Bonchev–Trinajstić information content (AvgIpc) is 3.12. The van der Waals surface area contributed by atoms with Gasteiger partial charge in [0.1, 0.15) is 11.4 Å². The highest BCUT2D eigenvalue weighted by molar-refractivity contribution is 6.38. The van der Waals surface area contributed by atoms with Gasteiger partial charge in [-0.2, -0.15) is 5.10 Å². The number of anilines is 1. The molecule has 2 N–H and O–H groups in total. The molecule has 0 aliphatic rings. The summed E-state index contributed by atoms with van der Waals surface area (Å²) in [4.78, 5) is 25.5. The molecule has 8 nitrogen and oxygen atoms in total. The molecule has 3 rings (SSSR count). The molecule has 3 aromatic rings. The van der Waals surface area contributed by atoms with Gasteiger partial charge in [-0.15, -0.1) is 0 Å². The molecule has 1 amide bonds. The van der Waals surface area contributed by atoms with Crippen molar-refractivity contribution in [3.8, 4) is 17.1 Å². The minimum atomic E-state index is -0.498. The number of nitrogens with one attached hydrogen (secondary N) is 2. The van der Waals surface area contributed by atoms with Crippen LogP contribution in [0.3, 0.4) is 0 Å². The second-order valence-corrected chi connectivity index (χ2v) is 7.30. The van der Waals surface area contributed by atoms with Crippen molar-refractivity contribution in [1.82, 2.24) is 19.6 Å². The molecule has 1 aromatic carbocycles. The Kier molecular flexibility index (Phi) is 5.59. The number of benzene rings is 1. The van der Waals surface area contributed by atoms with Crippen molar-refractivity contribution in [2.45, 2.75) is 20.8 Å². The Morgan fingerprint density at radius 2 is 1.83 bits per heavy atom. The fourth-order valence-electron chi connectivity index (χ4n) is 2.82. The number of methoxy groups -OCH3 is 1. The Morgan fingerprint density at radius 3 is 2.31 bits per heavy atom. The summed E-state index contributed by atoms with van der Waals surface area (Å²) in [5.41, 5.74) is 1.54. The van der Waals surface area contributed by atoms with E-state index in [1.54, 1.807) is 20.8 Å². The van der Waals surface area contributed by atoms with Crippen molar-refractivity contribution in [2.75, 3.05) is 12.4 Å². The zero-order valence-electron chi connectivity index (χ0n) is 16.3. The van der Waals surface area contributed by atoms with Crippen LogP contribution in [0, 0.1) is 13.8 Å². The van der Waals surface area contributed by atoms with Crippen LogP contribution in [-0.4, -0.2) is 32.6 Å². The molecule has 10 heteroatoms. The van der Waals surface area contributed by atoms with Crippen LogP contribution in [0.2, 0.25) is 10.0 Å². The lowest BCUT2D eigenvalue weighted by molar-refractivity contribution is -0.112. The van der Waals surface area contributed by atoms with Gasteiger partial charge in [0.05, 0.1) is 22.8 Å². The number of hydrogen-bond donors (Lipinski definition) is 2. The zero-order chi connectivity index (χ0) is 21.5. The summed E-state index contributed by atoms with van der Waals surface area (Å²) in [7, 11) is 1.48. The molecule has 2 heterocycles. The molecular weight excluding hydrogens is 417 g/mol. The predicted octanol–water partition coefficient (Wildman–Crippen LogP) is 3.80. The van der Waals surface area contributed by atoms with Gasteiger partial charge >= 0.3 is 0 Å². The quantitative estimate of drug-likeness (QED) is 0.595. The van der Waals surface area contributed by atoms with Gasteiger partial charge in [-0.1, -0.05) is 29.8 Å². The molecule has 0 bridgehead atoms. The minimum Gasteiger partial charge on any atom is -0.497 e. The predicted molar refractivity (Wildman–Crippen MR) is 113 cm³/mol. The SMILES string of the molecule is C=C(C)C(=O)Nc1[nH]n(-c2c(Cl)cc(OC)cc2Cl)c(=O)c1-n1nc(C)cc1C. The van der Waals surface area contributed by atoms with Gasteiger partial charge in [0.2, 0.25) is 0 Å². The van der Waals surface area contributed by atoms with Crippen LogP contribution in [0.15, 0.2) is 35.1 Å². The van der Waals surface area contributed by atoms with Gasteiger partial charge in [0.15, 0.2) is 11.5 Å². The van der Waals surface area contributed by atoms with Crippen molar-refractivity contribution >= 4 is 34.9 Å². The fraction of sp³-hybridized carbons (Fsp3) is 0.211. The molecule has 152 valence electrons. The molecule has 0 saturated heterocycles. The molecule has 0 saturated carbocycles. The largest absolute Gasteiger partial charge is 0.497 e. The lowest BCUT2D eigenvalue weighted by Crippen LogP contribution is -2.20. The van der Waals surface area contributed by atoms with Crippen LogP contribution in [0.5, 0.6) is 5.75 Å². The third-order valence-electron chi connectivity index (χ3n) is 4.16. The lowest BCUT2D eigenvalue weighted by atomic mass is 10.3. The number of ether oxygens (including phenoxy) is 1. The highest BCUT2D eigenvalue weighted by atomic mass is 35.5. The number of carbonyl (C=O) groups excluding carboxylic acids is 1. The number of amides is 1. The van der Waals surface area contributed by atoms with Crippen LogP contribution in [0.25, 0.3) is 11.4 Å². The number of aromatic nitrogens is 4. The number of carbonyl (C=O) groups is 1. The van der Waals surface area contributed by atoms with E-state index in [2.05, 4.69) is 22.1 Å². The van der Waals surface area contributed by atoms with Gasteiger partial charge in [0.25, 0.3) is 11.5 Å². The molecule has 2 aromatic heterocycles. The molecule has 29 heavy (non-hydrogen) atoms. The first-order valence-electron chi connectivity index (χ1n) is 8.53. The standard InChI is InChI=1S/C19H19Cl2N5O3/c1-9(2)18(27)22-17-16(25-11(4)6-10(3)23-25)19(28)26(24-17)15-13(20)7-12(29-5)8-14(15)21/h6-8,24H,1H2,2-5H3,(H,22,27). The first-order chi connectivity index (χ1) is 13.6. The van der Waals surface area contributed by atoms with E-state index in [9.17, 15) is 9.59 Å². The van der Waals surface area contributed by atoms with Crippen LogP contribution in [-0.2, 0) is 4.79 Å². The zero-order valence-corrected chi connectivity index (χ0v) is 17.8.